The summed E-state index contributed by atoms with van der Waals surface area (Å²) in [6, 6.07) is 12.8. The molecule has 0 saturated heterocycles. The van der Waals surface area contributed by atoms with Crippen LogP contribution in [-0.4, -0.2) is 0 Å². The summed E-state index contributed by atoms with van der Waals surface area (Å²) in [7, 11) is 0. The summed E-state index contributed by atoms with van der Waals surface area (Å²) >= 11 is 1.97. The van der Waals surface area contributed by atoms with Crippen LogP contribution in [0.25, 0.3) is 10.1 Å². The van der Waals surface area contributed by atoms with Crippen LogP contribution in [0.4, 0.5) is 17.6 Å². The summed E-state index contributed by atoms with van der Waals surface area (Å²) in [6.07, 6.45) is 5.59. The molecule has 0 atom stereocenters. The minimum atomic E-state index is -4.63. The number of halogens is 4. The Kier molecular flexibility index (Phi) is 6.76. The highest BCUT2D eigenvalue weighted by Gasteiger charge is 2.35. The normalized spacial score (nSPS) is 26.1. The first-order valence-electron chi connectivity index (χ1n) is 12.7. The van der Waals surface area contributed by atoms with Crippen molar-refractivity contribution in [2.24, 2.45) is 11.8 Å². The molecule has 0 unspecified atom stereocenters. The molecule has 1 heterocycles. The Morgan fingerprint density at radius 1 is 0.794 bits per heavy atom. The Bertz CT molecular complexity index is 1130. The van der Waals surface area contributed by atoms with E-state index in [1.807, 2.05) is 11.3 Å². The predicted molar refractivity (Wildman–Crippen MR) is 132 cm³/mol. The standard InChI is InChI=1S/C29H32F4S/c1-2-18-3-4-24-17-28(34-27(24)15-18)22-11-9-20(10-12-22)19-5-7-21(8-6-19)23-13-14-25(26(30)16-23)29(31,32)33/h3-4,13-17,19-22H,2,5-12H2,1H3. The van der Waals surface area contributed by atoms with Crippen molar-refractivity contribution in [1.82, 2.24) is 0 Å². The van der Waals surface area contributed by atoms with Gasteiger partial charge in [0.25, 0.3) is 0 Å². The zero-order valence-electron chi connectivity index (χ0n) is 19.6. The molecule has 0 radical (unpaired) electrons. The molecular formula is C29H32F4S. The van der Waals surface area contributed by atoms with Gasteiger partial charge in [-0.2, -0.15) is 13.2 Å². The van der Waals surface area contributed by atoms with Gasteiger partial charge < -0.3 is 0 Å². The molecule has 3 aromatic rings. The highest BCUT2D eigenvalue weighted by Crippen LogP contribution is 2.47. The van der Waals surface area contributed by atoms with Gasteiger partial charge in [0.05, 0.1) is 5.56 Å². The minimum Gasteiger partial charge on any atom is -0.206 e. The van der Waals surface area contributed by atoms with E-state index in [0.29, 0.717) is 11.8 Å². The van der Waals surface area contributed by atoms with Crippen LogP contribution in [0.1, 0.15) is 91.7 Å². The number of thiophene rings is 1. The molecule has 2 fully saturated rings. The first-order valence-corrected chi connectivity index (χ1v) is 13.5. The van der Waals surface area contributed by atoms with Crippen molar-refractivity contribution >= 4 is 21.4 Å². The van der Waals surface area contributed by atoms with E-state index in [1.54, 1.807) is 0 Å². The summed E-state index contributed by atoms with van der Waals surface area (Å²) in [6.45, 7) is 2.20. The highest BCUT2D eigenvalue weighted by molar-refractivity contribution is 7.19. The molecule has 0 spiro atoms. The molecule has 0 bridgehead atoms. The first-order chi connectivity index (χ1) is 16.3. The monoisotopic (exact) mass is 488 g/mol. The van der Waals surface area contributed by atoms with Gasteiger partial charge in [-0.05, 0) is 122 Å². The summed E-state index contributed by atoms with van der Waals surface area (Å²) in [5.74, 6) is 1.16. The lowest BCUT2D eigenvalue weighted by Crippen LogP contribution is -2.25. The molecule has 182 valence electrons. The molecule has 1 aromatic heterocycles. The van der Waals surface area contributed by atoms with Gasteiger partial charge in [0.15, 0.2) is 0 Å². The lowest BCUT2D eigenvalue weighted by molar-refractivity contribution is -0.140. The van der Waals surface area contributed by atoms with Crippen LogP contribution in [0.3, 0.4) is 0 Å². The molecule has 2 saturated carbocycles. The topological polar surface area (TPSA) is 0 Å². The quantitative estimate of drug-likeness (QED) is 0.321. The van der Waals surface area contributed by atoms with Crippen molar-refractivity contribution in [1.29, 1.82) is 0 Å². The minimum absolute atomic E-state index is 0.177. The molecule has 34 heavy (non-hydrogen) atoms. The SMILES string of the molecule is CCc1ccc2cc(C3CCC(C4CCC(c5ccc(C(F)(F)F)c(F)c5)CC4)CC3)sc2c1. The van der Waals surface area contributed by atoms with Crippen molar-refractivity contribution in [3.05, 3.63) is 69.8 Å². The largest absolute Gasteiger partial charge is 0.419 e. The van der Waals surface area contributed by atoms with E-state index in [0.717, 1.165) is 55.7 Å². The van der Waals surface area contributed by atoms with Gasteiger partial charge >= 0.3 is 6.18 Å². The van der Waals surface area contributed by atoms with Crippen molar-refractivity contribution < 1.29 is 17.6 Å². The lowest BCUT2D eigenvalue weighted by atomic mass is 9.68. The van der Waals surface area contributed by atoms with E-state index in [1.165, 1.54) is 52.3 Å². The smallest absolute Gasteiger partial charge is 0.206 e. The fourth-order valence-corrected chi connectivity index (χ4v) is 7.63. The number of hydrogen-bond donors (Lipinski definition) is 0. The first kappa shape index (κ1) is 23.8. The molecular weight excluding hydrogens is 456 g/mol. The number of alkyl halides is 3. The third kappa shape index (κ3) is 4.91. The summed E-state index contributed by atoms with van der Waals surface area (Å²) in [4.78, 5) is 1.54. The second-order valence-electron chi connectivity index (χ2n) is 10.3. The van der Waals surface area contributed by atoms with Gasteiger partial charge in [-0.25, -0.2) is 4.39 Å². The van der Waals surface area contributed by atoms with Crippen LogP contribution in [0, 0.1) is 17.7 Å². The Morgan fingerprint density at radius 2 is 1.44 bits per heavy atom. The van der Waals surface area contributed by atoms with E-state index in [-0.39, 0.29) is 5.92 Å². The molecule has 0 N–H and O–H groups in total. The van der Waals surface area contributed by atoms with Gasteiger partial charge in [-0.1, -0.05) is 25.1 Å². The van der Waals surface area contributed by atoms with Gasteiger partial charge in [-0.15, -0.1) is 11.3 Å². The molecule has 2 aromatic carbocycles. The molecule has 2 aliphatic rings. The van der Waals surface area contributed by atoms with Crippen LogP contribution in [0.15, 0.2) is 42.5 Å². The highest BCUT2D eigenvalue weighted by atomic mass is 32.1. The van der Waals surface area contributed by atoms with Crippen molar-refractivity contribution in [2.75, 3.05) is 0 Å². The van der Waals surface area contributed by atoms with Gasteiger partial charge in [0.2, 0.25) is 0 Å². The summed E-state index contributed by atoms with van der Waals surface area (Å²) in [5.41, 5.74) is 0.967. The molecule has 5 rings (SSSR count). The number of aryl methyl sites for hydroxylation is 1. The second kappa shape index (κ2) is 9.64. The summed E-state index contributed by atoms with van der Waals surface area (Å²) < 4.78 is 54.0. The molecule has 0 nitrogen and oxygen atoms in total. The Balaban J connectivity index is 1.15. The van der Waals surface area contributed by atoms with Crippen LogP contribution >= 0.6 is 11.3 Å². The van der Waals surface area contributed by atoms with Crippen LogP contribution < -0.4 is 0 Å². The predicted octanol–water partition coefficient (Wildman–Crippen LogP) is 9.87. The zero-order valence-corrected chi connectivity index (χ0v) is 20.5. The third-order valence-corrected chi connectivity index (χ3v) is 9.65. The zero-order chi connectivity index (χ0) is 23.9. The van der Waals surface area contributed by atoms with Gasteiger partial charge in [0.1, 0.15) is 5.82 Å². The number of benzene rings is 2. The molecule has 2 aliphatic carbocycles. The van der Waals surface area contributed by atoms with Crippen LogP contribution in [0.2, 0.25) is 0 Å². The number of fused-ring (bicyclic) bond motifs is 1. The fourth-order valence-electron chi connectivity index (χ4n) is 6.33. The van der Waals surface area contributed by atoms with E-state index in [9.17, 15) is 17.6 Å². The van der Waals surface area contributed by atoms with E-state index in [4.69, 9.17) is 0 Å². The van der Waals surface area contributed by atoms with Crippen LogP contribution in [0.5, 0.6) is 0 Å². The Morgan fingerprint density at radius 3 is 2.03 bits per heavy atom. The van der Waals surface area contributed by atoms with Crippen molar-refractivity contribution in [3.8, 4) is 0 Å². The van der Waals surface area contributed by atoms with Crippen molar-refractivity contribution in [3.63, 3.8) is 0 Å². The Hall–Kier alpha value is -1.88. The third-order valence-electron chi connectivity index (χ3n) is 8.39. The molecule has 0 aliphatic heterocycles. The van der Waals surface area contributed by atoms with Crippen molar-refractivity contribution in [2.45, 2.75) is 82.7 Å². The number of rotatable bonds is 4. The lowest BCUT2D eigenvalue weighted by Gasteiger charge is -2.38. The average Bonchev–Trinajstić information content (AvgIpc) is 3.27. The van der Waals surface area contributed by atoms with E-state index >= 15 is 0 Å². The van der Waals surface area contributed by atoms with E-state index in [2.05, 4.69) is 31.2 Å². The maximum absolute atomic E-state index is 14.0. The Labute approximate surface area is 203 Å². The maximum atomic E-state index is 14.0. The van der Waals surface area contributed by atoms with Crippen LogP contribution in [-0.2, 0) is 12.6 Å². The second-order valence-corrected chi connectivity index (χ2v) is 11.5. The van der Waals surface area contributed by atoms with Gasteiger partial charge in [0, 0.05) is 9.58 Å². The summed E-state index contributed by atoms with van der Waals surface area (Å²) in [5, 5.41) is 1.37. The van der Waals surface area contributed by atoms with Gasteiger partial charge in [-0.3, -0.25) is 0 Å². The maximum Gasteiger partial charge on any atom is 0.419 e. The molecule has 0 amide bonds. The van der Waals surface area contributed by atoms with E-state index < -0.39 is 17.6 Å². The molecule has 5 heteroatoms. The number of hydrogen-bond acceptors (Lipinski definition) is 1. The fraction of sp³-hybridized carbons (Fsp3) is 0.517. The average molecular weight is 489 g/mol.